The summed E-state index contributed by atoms with van der Waals surface area (Å²) in [5.74, 6) is -0.0211. The van der Waals surface area contributed by atoms with E-state index in [-0.39, 0.29) is 5.91 Å². The van der Waals surface area contributed by atoms with Gasteiger partial charge in [0.15, 0.2) is 0 Å². The van der Waals surface area contributed by atoms with Gasteiger partial charge in [0.1, 0.15) is 11.2 Å². The Morgan fingerprint density at radius 2 is 1.93 bits per heavy atom. The predicted molar refractivity (Wildman–Crippen MR) is 102 cm³/mol. The summed E-state index contributed by atoms with van der Waals surface area (Å²) < 4.78 is 2.05. The normalized spacial score (nSPS) is 20.6. The van der Waals surface area contributed by atoms with Gasteiger partial charge in [-0.3, -0.25) is 14.6 Å². The molecule has 142 valence electrons. The lowest BCUT2D eigenvalue weighted by Gasteiger charge is -2.34. The zero-order valence-corrected chi connectivity index (χ0v) is 15.6. The van der Waals surface area contributed by atoms with Crippen LogP contribution in [0.3, 0.4) is 0 Å². The number of hydrogen-bond donors (Lipinski definition) is 1. The van der Waals surface area contributed by atoms with Crippen molar-refractivity contribution in [3.05, 3.63) is 36.3 Å². The molecule has 4 rings (SSSR count). The highest BCUT2D eigenvalue weighted by atomic mass is 16.2. The highest BCUT2D eigenvalue weighted by molar-refractivity contribution is 5.79. The summed E-state index contributed by atoms with van der Waals surface area (Å²) in [7, 11) is 0. The summed E-state index contributed by atoms with van der Waals surface area (Å²) in [5.41, 5.74) is 1.42. The van der Waals surface area contributed by atoms with Gasteiger partial charge < -0.3 is 9.72 Å². The van der Waals surface area contributed by atoms with Crippen LogP contribution in [0.4, 0.5) is 0 Å². The molecule has 27 heavy (non-hydrogen) atoms. The maximum absolute atomic E-state index is 12.4. The van der Waals surface area contributed by atoms with E-state index in [1.807, 2.05) is 28.8 Å². The summed E-state index contributed by atoms with van der Waals surface area (Å²) in [6.45, 7) is 4.78. The van der Waals surface area contributed by atoms with E-state index in [0.717, 1.165) is 69.7 Å². The topological polar surface area (TPSA) is 76.7 Å². The van der Waals surface area contributed by atoms with Gasteiger partial charge in [-0.2, -0.15) is 5.26 Å². The van der Waals surface area contributed by atoms with Gasteiger partial charge in [0.25, 0.3) is 0 Å². The van der Waals surface area contributed by atoms with Gasteiger partial charge in [0.2, 0.25) is 5.91 Å². The van der Waals surface area contributed by atoms with Crippen LogP contribution in [0.5, 0.6) is 0 Å². The van der Waals surface area contributed by atoms with Gasteiger partial charge in [0, 0.05) is 45.1 Å². The first-order valence-electron chi connectivity index (χ1n) is 9.75. The second-order valence-electron chi connectivity index (χ2n) is 7.70. The van der Waals surface area contributed by atoms with Gasteiger partial charge in [0.05, 0.1) is 18.3 Å². The quantitative estimate of drug-likeness (QED) is 0.866. The number of aromatic nitrogens is 2. The van der Waals surface area contributed by atoms with Crippen molar-refractivity contribution in [2.24, 2.45) is 0 Å². The van der Waals surface area contributed by atoms with Crippen LogP contribution in [0.1, 0.15) is 31.4 Å². The Balaban J connectivity index is 1.25. The van der Waals surface area contributed by atoms with Gasteiger partial charge in [-0.25, -0.2) is 4.98 Å². The Morgan fingerprint density at radius 1 is 1.19 bits per heavy atom. The fraction of sp³-hybridized carbons (Fsp3) is 0.550. The number of carbonyl (C=O) groups excluding carboxylic acids is 1. The fourth-order valence-corrected chi connectivity index (χ4v) is 4.15. The molecule has 7 nitrogen and oxygen atoms in total. The minimum Gasteiger partial charge on any atom is -0.337 e. The minimum absolute atomic E-state index is 0.0211. The van der Waals surface area contributed by atoms with Gasteiger partial charge in [-0.05, 0) is 37.8 Å². The molecule has 0 aromatic carbocycles. The molecule has 2 fully saturated rings. The number of nitrogens with one attached hydrogen (secondary N) is 1. The van der Waals surface area contributed by atoms with Crippen molar-refractivity contribution < 1.29 is 4.79 Å². The third-order valence-electron chi connectivity index (χ3n) is 5.68. The molecule has 0 spiro atoms. The lowest BCUT2D eigenvalue weighted by atomic mass is 10.00. The highest BCUT2D eigenvalue weighted by Crippen LogP contribution is 2.28. The number of pyridine rings is 1. The third kappa shape index (κ3) is 4.12. The molecule has 1 aliphatic heterocycles. The Kier molecular flexibility index (Phi) is 5.10. The smallest absolute Gasteiger partial charge is 0.235 e. The number of hydrogen-bond acceptors (Lipinski definition) is 5. The Labute approximate surface area is 159 Å². The molecule has 0 radical (unpaired) electrons. The van der Waals surface area contributed by atoms with E-state index in [0.29, 0.717) is 6.54 Å². The molecular formula is C20H26N6O. The summed E-state index contributed by atoms with van der Waals surface area (Å²) in [6.07, 6.45) is 7.70. The first-order valence-corrected chi connectivity index (χ1v) is 9.75. The van der Waals surface area contributed by atoms with Crippen LogP contribution in [0.15, 0.2) is 30.6 Å². The van der Waals surface area contributed by atoms with Crippen LogP contribution in [-0.4, -0.2) is 63.4 Å². The number of nitriles is 1. The van der Waals surface area contributed by atoms with Crippen LogP contribution in [-0.2, 0) is 11.3 Å². The number of nitrogens with zero attached hydrogens (tertiary/aromatic N) is 5. The van der Waals surface area contributed by atoms with Crippen molar-refractivity contribution >= 4 is 11.6 Å². The number of imidazole rings is 1. The van der Waals surface area contributed by atoms with Crippen molar-refractivity contribution in [3.8, 4) is 6.07 Å². The summed E-state index contributed by atoms with van der Waals surface area (Å²) in [5, 5.41) is 12.4. The van der Waals surface area contributed by atoms with Crippen molar-refractivity contribution in [2.45, 2.75) is 37.8 Å². The number of carbonyl (C=O) groups is 1. The van der Waals surface area contributed by atoms with E-state index in [1.165, 1.54) is 0 Å². The van der Waals surface area contributed by atoms with E-state index in [4.69, 9.17) is 0 Å². The van der Waals surface area contributed by atoms with Gasteiger partial charge >= 0.3 is 0 Å². The lowest BCUT2D eigenvalue weighted by molar-refractivity contribution is -0.124. The average Bonchev–Trinajstić information content (AvgIpc) is 3.30. The zero-order valence-electron chi connectivity index (χ0n) is 15.6. The monoisotopic (exact) mass is 366 g/mol. The molecule has 1 N–H and O–H groups in total. The van der Waals surface area contributed by atoms with E-state index >= 15 is 0 Å². The molecule has 0 bridgehead atoms. The molecule has 1 saturated heterocycles. The van der Waals surface area contributed by atoms with Crippen LogP contribution >= 0.6 is 0 Å². The van der Waals surface area contributed by atoms with E-state index in [9.17, 15) is 10.1 Å². The van der Waals surface area contributed by atoms with Crippen molar-refractivity contribution in [1.29, 1.82) is 5.26 Å². The van der Waals surface area contributed by atoms with Gasteiger partial charge in [-0.15, -0.1) is 0 Å². The van der Waals surface area contributed by atoms with E-state index in [1.54, 1.807) is 0 Å². The van der Waals surface area contributed by atoms with Crippen LogP contribution in [0, 0.1) is 11.3 Å². The number of fused-ring (bicyclic) bond motifs is 1. The highest BCUT2D eigenvalue weighted by Gasteiger charge is 2.35. The lowest BCUT2D eigenvalue weighted by Crippen LogP contribution is -2.52. The fourth-order valence-electron chi connectivity index (χ4n) is 4.15. The van der Waals surface area contributed by atoms with Crippen molar-refractivity contribution in [1.82, 2.24) is 24.5 Å². The SMILES string of the molecule is N#CC1(NC(=O)CN2CCN(Cc3cn4ccccc4n3)CC2)CCCC1. The molecule has 0 unspecified atom stereocenters. The first kappa shape index (κ1) is 18.0. The molecule has 2 aromatic heterocycles. The molecular weight excluding hydrogens is 340 g/mol. The Hall–Kier alpha value is -2.43. The summed E-state index contributed by atoms with van der Waals surface area (Å²) in [6, 6.07) is 8.34. The second kappa shape index (κ2) is 7.67. The predicted octanol–water partition coefficient (Wildman–Crippen LogP) is 1.40. The van der Waals surface area contributed by atoms with E-state index in [2.05, 4.69) is 32.4 Å². The van der Waals surface area contributed by atoms with E-state index < -0.39 is 5.54 Å². The maximum Gasteiger partial charge on any atom is 0.235 e. The van der Waals surface area contributed by atoms with Crippen LogP contribution in [0.2, 0.25) is 0 Å². The van der Waals surface area contributed by atoms with Gasteiger partial charge in [-0.1, -0.05) is 6.07 Å². The maximum atomic E-state index is 12.4. The standard InChI is InChI=1S/C20H26N6O/c21-16-20(6-2-3-7-20)23-19(27)15-25-11-9-24(10-12-25)13-17-14-26-8-4-1-5-18(26)22-17/h1,4-5,8,14H,2-3,6-7,9-13,15H2,(H,23,27). The molecule has 2 aromatic rings. The van der Waals surface area contributed by atoms with Crippen molar-refractivity contribution in [3.63, 3.8) is 0 Å². The Morgan fingerprint density at radius 3 is 2.63 bits per heavy atom. The summed E-state index contributed by atoms with van der Waals surface area (Å²) in [4.78, 5) is 21.6. The number of rotatable bonds is 5. The molecule has 7 heteroatoms. The largest absolute Gasteiger partial charge is 0.337 e. The molecule has 1 aliphatic carbocycles. The number of amides is 1. The summed E-state index contributed by atoms with van der Waals surface area (Å²) >= 11 is 0. The molecule has 1 amide bonds. The first-order chi connectivity index (χ1) is 13.2. The zero-order chi connectivity index (χ0) is 18.7. The van der Waals surface area contributed by atoms with Crippen LogP contribution < -0.4 is 5.32 Å². The molecule has 1 saturated carbocycles. The molecule has 3 heterocycles. The minimum atomic E-state index is -0.623. The Bertz CT molecular complexity index is 807. The van der Waals surface area contributed by atoms with Crippen molar-refractivity contribution in [2.75, 3.05) is 32.7 Å². The number of piperazine rings is 1. The second-order valence-corrected chi connectivity index (χ2v) is 7.70. The van der Waals surface area contributed by atoms with Crippen LogP contribution in [0.25, 0.3) is 5.65 Å². The molecule has 2 aliphatic rings. The molecule has 0 atom stereocenters. The third-order valence-corrected chi connectivity index (χ3v) is 5.68. The average molecular weight is 366 g/mol.